The number of nitrogens with zero attached hydrogens (tertiary/aromatic N) is 1. The molecule has 112 valence electrons. The van der Waals surface area contributed by atoms with Crippen LogP contribution in [0.5, 0.6) is 0 Å². The van der Waals surface area contributed by atoms with Gasteiger partial charge in [0.05, 0.1) is 0 Å². The summed E-state index contributed by atoms with van der Waals surface area (Å²) in [5.41, 5.74) is 3.26. The molecular formula is C18H23FN2. The van der Waals surface area contributed by atoms with Crippen LogP contribution in [0.25, 0.3) is 0 Å². The van der Waals surface area contributed by atoms with Crippen molar-refractivity contribution in [3.05, 3.63) is 65.2 Å². The molecule has 0 aliphatic carbocycles. The summed E-state index contributed by atoms with van der Waals surface area (Å²) in [6.45, 7) is 5.11. The fourth-order valence-corrected chi connectivity index (χ4v) is 2.51. The van der Waals surface area contributed by atoms with Gasteiger partial charge in [-0.3, -0.25) is 4.98 Å². The molecule has 1 heterocycles. The monoisotopic (exact) mass is 286 g/mol. The van der Waals surface area contributed by atoms with Crippen LogP contribution in [-0.2, 0) is 6.42 Å². The summed E-state index contributed by atoms with van der Waals surface area (Å²) in [6, 6.07) is 11.2. The molecule has 0 saturated carbocycles. The van der Waals surface area contributed by atoms with Gasteiger partial charge in [-0.2, -0.15) is 0 Å². The molecule has 0 bridgehead atoms. The summed E-state index contributed by atoms with van der Waals surface area (Å²) < 4.78 is 13.6. The van der Waals surface area contributed by atoms with Crippen molar-refractivity contribution >= 4 is 0 Å². The van der Waals surface area contributed by atoms with Crippen molar-refractivity contribution in [1.82, 2.24) is 10.3 Å². The molecule has 1 aromatic heterocycles. The molecule has 0 aliphatic heterocycles. The van der Waals surface area contributed by atoms with Gasteiger partial charge in [0.1, 0.15) is 5.82 Å². The molecule has 0 amide bonds. The Balaban J connectivity index is 2.12. The van der Waals surface area contributed by atoms with Crippen molar-refractivity contribution in [2.45, 2.75) is 39.2 Å². The normalized spacial score (nSPS) is 12.3. The van der Waals surface area contributed by atoms with E-state index < -0.39 is 0 Å². The van der Waals surface area contributed by atoms with Gasteiger partial charge in [0, 0.05) is 17.9 Å². The average Bonchev–Trinajstić information content (AvgIpc) is 2.51. The molecule has 2 nitrogen and oxygen atoms in total. The van der Waals surface area contributed by atoms with E-state index in [1.165, 1.54) is 6.07 Å². The summed E-state index contributed by atoms with van der Waals surface area (Å²) in [5.74, 6) is -0.170. The minimum Gasteiger partial charge on any atom is -0.310 e. The molecule has 2 aromatic rings. The molecule has 1 unspecified atom stereocenters. The standard InChI is InChI=1S/C18H23FN2/c1-3-11-21-18(10-9-16-6-4-5-12-20-16)17-13-15(19)8-7-14(17)2/h4-8,12-13,18,21H,3,9-11H2,1-2H3. The largest absolute Gasteiger partial charge is 0.310 e. The first-order valence-corrected chi connectivity index (χ1v) is 7.60. The van der Waals surface area contributed by atoms with E-state index in [1.807, 2.05) is 37.4 Å². The molecule has 1 aromatic carbocycles. The molecule has 21 heavy (non-hydrogen) atoms. The van der Waals surface area contributed by atoms with Gasteiger partial charge in [0.25, 0.3) is 0 Å². The smallest absolute Gasteiger partial charge is 0.123 e. The second-order valence-electron chi connectivity index (χ2n) is 5.37. The first kappa shape index (κ1) is 15.6. The van der Waals surface area contributed by atoms with E-state index in [0.29, 0.717) is 0 Å². The highest BCUT2D eigenvalue weighted by Gasteiger charge is 2.14. The second-order valence-corrected chi connectivity index (χ2v) is 5.37. The van der Waals surface area contributed by atoms with Gasteiger partial charge in [-0.25, -0.2) is 4.39 Å². The maximum Gasteiger partial charge on any atom is 0.123 e. The van der Waals surface area contributed by atoms with E-state index in [0.717, 1.165) is 42.6 Å². The van der Waals surface area contributed by atoms with Crippen LogP contribution in [-0.4, -0.2) is 11.5 Å². The van der Waals surface area contributed by atoms with Gasteiger partial charge in [-0.05, 0) is 68.1 Å². The minimum atomic E-state index is -0.170. The van der Waals surface area contributed by atoms with Crippen LogP contribution in [0.1, 0.15) is 42.6 Å². The molecule has 1 atom stereocenters. The Morgan fingerprint density at radius 2 is 2.10 bits per heavy atom. The van der Waals surface area contributed by atoms with Gasteiger partial charge >= 0.3 is 0 Å². The van der Waals surface area contributed by atoms with E-state index in [9.17, 15) is 4.39 Å². The molecule has 0 fully saturated rings. The van der Waals surface area contributed by atoms with E-state index in [2.05, 4.69) is 17.2 Å². The Kier molecular flexibility index (Phi) is 5.88. The number of halogens is 1. The van der Waals surface area contributed by atoms with E-state index in [4.69, 9.17) is 0 Å². The fraction of sp³-hybridized carbons (Fsp3) is 0.389. The van der Waals surface area contributed by atoms with E-state index in [1.54, 1.807) is 6.07 Å². The van der Waals surface area contributed by atoms with Crippen molar-refractivity contribution in [2.24, 2.45) is 0 Å². The Labute approximate surface area is 126 Å². The van der Waals surface area contributed by atoms with Crippen LogP contribution in [0.4, 0.5) is 4.39 Å². The maximum absolute atomic E-state index is 13.6. The number of benzene rings is 1. The van der Waals surface area contributed by atoms with Crippen molar-refractivity contribution in [2.75, 3.05) is 6.54 Å². The van der Waals surface area contributed by atoms with Crippen LogP contribution in [0.15, 0.2) is 42.6 Å². The number of hydrogen-bond donors (Lipinski definition) is 1. The highest BCUT2D eigenvalue weighted by atomic mass is 19.1. The van der Waals surface area contributed by atoms with Crippen LogP contribution in [0.3, 0.4) is 0 Å². The lowest BCUT2D eigenvalue weighted by Crippen LogP contribution is -2.23. The van der Waals surface area contributed by atoms with Crippen molar-refractivity contribution in [3.8, 4) is 0 Å². The molecule has 0 saturated heterocycles. The van der Waals surface area contributed by atoms with Gasteiger partial charge in [-0.1, -0.05) is 19.1 Å². The Bertz CT molecular complexity index is 554. The molecular weight excluding hydrogens is 263 g/mol. The van der Waals surface area contributed by atoms with Crippen molar-refractivity contribution in [1.29, 1.82) is 0 Å². The zero-order valence-electron chi connectivity index (χ0n) is 12.8. The third kappa shape index (κ3) is 4.64. The van der Waals surface area contributed by atoms with Crippen molar-refractivity contribution < 1.29 is 4.39 Å². The first-order chi connectivity index (χ1) is 10.2. The quantitative estimate of drug-likeness (QED) is 0.825. The number of pyridine rings is 1. The highest BCUT2D eigenvalue weighted by molar-refractivity contribution is 5.29. The Morgan fingerprint density at radius 3 is 2.81 bits per heavy atom. The lowest BCUT2D eigenvalue weighted by molar-refractivity contribution is 0.491. The van der Waals surface area contributed by atoms with Gasteiger partial charge in [0.2, 0.25) is 0 Å². The summed E-state index contributed by atoms with van der Waals surface area (Å²) >= 11 is 0. The Morgan fingerprint density at radius 1 is 1.24 bits per heavy atom. The highest BCUT2D eigenvalue weighted by Crippen LogP contribution is 2.23. The summed E-state index contributed by atoms with van der Waals surface area (Å²) in [5, 5.41) is 3.53. The molecule has 0 aliphatic rings. The van der Waals surface area contributed by atoms with Gasteiger partial charge in [-0.15, -0.1) is 0 Å². The van der Waals surface area contributed by atoms with Crippen LogP contribution in [0.2, 0.25) is 0 Å². The first-order valence-electron chi connectivity index (χ1n) is 7.60. The topological polar surface area (TPSA) is 24.9 Å². The average molecular weight is 286 g/mol. The van der Waals surface area contributed by atoms with Crippen LogP contribution >= 0.6 is 0 Å². The third-order valence-electron chi connectivity index (χ3n) is 3.67. The predicted molar refractivity (Wildman–Crippen MR) is 84.7 cm³/mol. The maximum atomic E-state index is 13.6. The van der Waals surface area contributed by atoms with Gasteiger partial charge < -0.3 is 5.32 Å². The summed E-state index contributed by atoms with van der Waals surface area (Å²) in [6.07, 6.45) is 4.69. The molecule has 0 spiro atoms. The zero-order valence-corrected chi connectivity index (χ0v) is 12.8. The van der Waals surface area contributed by atoms with E-state index >= 15 is 0 Å². The lowest BCUT2D eigenvalue weighted by Gasteiger charge is -2.21. The third-order valence-corrected chi connectivity index (χ3v) is 3.67. The van der Waals surface area contributed by atoms with E-state index in [-0.39, 0.29) is 11.9 Å². The second kappa shape index (κ2) is 7.89. The van der Waals surface area contributed by atoms with Gasteiger partial charge in [0.15, 0.2) is 0 Å². The molecule has 0 radical (unpaired) electrons. The SMILES string of the molecule is CCCNC(CCc1ccccn1)c1cc(F)ccc1C. The van der Waals surface area contributed by atoms with Crippen molar-refractivity contribution in [3.63, 3.8) is 0 Å². The van der Waals surface area contributed by atoms with Crippen LogP contribution in [0, 0.1) is 12.7 Å². The molecule has 2 rings (SSSR count). The summed E-state index contributed by atoms with van der Waals surface area (Å²) in [4.78, 5) is 4.36. The predicted octanol–water partition coefficient (Wildman–Crippen LogP) is 4.20. The fourth-order valence-electron chi connectivity index (χ4n) is 2.51. The molecule has 3 heteroatoms. The number of aromatic nitrogens is 1. The Hall–Kier alpha value is -1.74. The van der Waals surface area contributed by atoms with Crippen LogP contribution < -0.4 is 5.32 Å². The molecule has 1 N–H and O–H groups in total. The minimum absolute atomic E-state index is 0.169. The number of aryl methyl sites for hydroxylation is 2. The lowest BCUT2D eigenvalue weighted by atomic mass is 9.96. The number of nitrogens with one attached hydrogen (secondary N) is 1. The number of hydrogen-bond acceptors (Lipinski definition) is 2. The number of rotatable bonds is 7. The summed E-state index contributed by atoms with van der Waals surface area (Å²) in [7, 11) is 0. The zero-order chi connectivity index (χ0) is 15.1.